The van der Waals surface area contributed by atoms with E-state index in [-0.39, 0.29) is 17.1 Å². The smallest absolute Gasteiger partial charge is 0.277 e. The highest BCUT2D eigenvalue weighted by molar-refractivity contribution is 7.99. The van der Waals surface area contributed by atoms with Gasteiger partial charge in [-0.1, -0.05) is 30.0 Å². The van der Waals surface area contributed by atoms with Crippen LogP contribution in [0.25, 0.3) is 0 Å². The van der Waals surface area contributed by atoms with Crippen molar-refractivity contribution in [1.82, 2.24) is 15.5 Å². The van der Waals surface area contributed by atoms with Gasteiger partial charge in [0, 0.05) is 17.5 Å². The van der Waals surface area contributed by atoms with Crippen molar-refractivity contribution >= 4 is 17.7 Å². The molecule has 0 spiro atoms. The van der Waals surface area contributed by atoms with Gasteiger partial charge >= 0.3 is 0 Å². The van der Waals surface area contributed by atoms with Gasteiger partial charge in [0.15, 0.2) is 0 Å². The van der Waals surface area contributed by atoms with Crippen LogP contribution in [0.1, 0.15) is 50.0 Å². The van der Waals surface area contributed by atoms with Crippen molar-refractivity contribution in [3.05, 3.63) is 35.7 Å². The molecule has 4 aliphatic carbocycles. The molecule has 1 aromatic carbocycles. The van der Waals surface area contributed by atoms with Crippen molar-refractivity contribution in [2.45, 2.75) is 55.7 Å². The van der Waals surface area contributed by atoms with Crippen LogP contribution < -0.4 is 10.1 Å². The predicted octanol–water partition coefficient (Wildman–Crippen LogP) is 3.95. The topological polar surface area (TPSA) is 77.2 Å². The largest absolute Gasteiger partial charge is 0.496 e. The highest BCUT2D eigenvalue weighted by atomic mass is 32.2. The average Bonchev–Trinajstić information content (AvgIpc) is 3.20. The summed E-state index contributed by atoms with van der Waals surface area (Å²) in [7, 11) is 1.63. The molecule has 4 bridgehead atoms. The number of carbonyl (C=O) groups excluding carboxylic acids is 1. The molecule has 4 fully saturated rings. The summed E-state index contributed by atoms with van der Waals surface area (Å²) in [5.41, 5.74) is 1.06. The third-order valence-corrected chi connectivity index (χ3v) is 7.71. The Balaban J connectivity index is 1.17. The summed E-state index contributed by atoms with van der Waals surface area (Å²) >= 11 is 1.31. The summed E-state index contributed by atoms with van der Waals surface area (Å²) in [6, 6.07) is 7.68. The zero-order valence-electron chi connectivity index (χ0n) is 16.7. The van der Waals surface area contributed by atoms with Crippen molar-refractivity contribution in [3.8, 4) is 5.75 Å². The number of hydrogen-bond acceptors (Lipinski definition) is 6. The number of thioether (sulfide) groups is 1. The molecule has 7 heteroatoms. The molecule has 4 aliphatic rings. The van der Waals surface area contributed by atoms with Crippen molar-refractivity contribution in [1.29, 1.82) is 0 Å². The first-order valence-corrected chi connectivity index (χ1v) is 11.5. The van der Waals surface area contributed by atoms with Gasteiger partial charge in [-0.2, -0.15) is 0 Å². The summed E-state index contributed by atoms with van der Waals surface area (Å²) < 4.78 is 11.4. The fourth-order valence-electron chi connectivity index (χ4n) is 6.08. The second-order valence-electron chi connectivity index (χ2n) is 8.95. The number of methoxy groups -OCH3 is 1. The Morgan fingerprint density at radius 3 is 2.55 bits per heavy atom. The number of nitrogens with zero attached hydrogens (tertiary/aromatic N) is 2. The maximum Gasteiger partial charge on any atom is 0.277 e. The van der Waals surface area contributed by atoms with Crippen LogP contribution in [0.15, 0.2) is 33.9 Å². The Morgan fingerprint density at radius 2 is 1.86 bits per heavy atom. The first-order chi connectivity index (χ1) is 14.1. The fraction of sp³-hybridized carbons (Fsp3) is 0.591. The molecule has 1 N–H and O–H groups in total. The third kappa shape index (κ3) is 3.77. The maximum absolute atomic E-state index is 12.3. The van der Waals surface area contributed by atoms with E-state index in [0.29, 0.717) is 11.8 Å². The van der Waals surface area contributed by atoms with Crippen molar-refractivity contribution in [2.24, 2.45) is 17.8 Å². The average molecular weight is 414 g/mol. The fourth-order valence-corrected chi connectivity index (χ4v) is 6.67. The van der Waals surface area contributed by atoms with E-state index in [4.69, 9.17) is 9.15 Å². The number of benzene rings is 1. The minimum atomic E-state index is -0.0598. The number of aromatic nitrogens is 2. The van der Waals surface area contributed by atoms with Crippen molar-refractivity contribution in [3.63, 3.8) is 0 Å². The van der Waals surface area contributed by atoms with Gasteiger partial charge in [0.1, 0.15) is 5.75 Å². The monoisotopic (exact) mass is 413 g/mol. The Morgan fingerprint density at radius 1 is 1.17 bits per heavy atom. The number of rotatable bonds is 7. The van der Waals surface area contributed by atoms with Gasteiger partial charge in [-0.3, -0.25) is 4.79 Å². The van der Waals surface area contributed by atoms with E-state index in [1.165, 1.54) is 50.3 Å². The summed E-state index contributed by atoms with van der Waals surface area (Å²) in [5.74, 6) is 4.30. The molecule has 1 heterocycles. The van der Waals surface area contributed by atoms with E-state index in [2.05, 4.69) is 15.5 Å². The van der Waals surface area contributed by atoms with E-state index >= 15 is 0 Å². The van der Waals surface area contributed by atoms with Crippen molar-refractivity contribution in [2.75, 3.05) is 12.9 Å². The van der Waals surface area contributed by atoms with Crippen LogP contribution in [0, 0.1) is 17.8 Å². The molecule has 0 saturated heterocycles. The SMILES string of the molecule is COc1ccccc1CNC(=O)CSc1nnc(C23CC4CC(CC(C4)C2)C3)o1. The Kier molecular flexibility index (Phi) is 5.02. The van der Waals surface area contributed by atoms with Gasteiger partial charge in [-0.25, -0.2) is 0 Å². The van der Waals surface area contributed by atoms with Crippen LogP contribution in [0.5, 0.6) is 5.75 Å². The number of hydrogen-bond donors (Lipinski definition) is 1. The summed E-state index contributed by atoms with van der Waals surface area (Å²) in [6.07, 6.45) is 7.77. The van der Waals surface area contributed by atoms with Crippen LogP contribution >= 0.6 is 11.8 Å². The lowest BCUT2D eigenvalue weighted by Crippen LogP contribution is -2.48. The quantitative estimate of drug-likeness (QED) is 0.693. The summed E-state index contributed by atoms with van der Waals surface area (Å²) in [4.78, 5) is 12.3. The van der Waals surface area contributed by atoms with Crippen LogP contribution in [-0.4, -0.2) is 29.0 Å². The van der Waals surface area contributed by atoms with Gasteiger partial charge < -0.3 is 14.5 Å². The summed E-state index contributed by atoms with van der Waals surface area (Å²) in [6.45, 7) is 0.436. The normalized spacial score (nSPS) is 29.8. The zero-order chi connectivity index (χ0) is 19.8. The molecular weight excluding hydrogens is 386 g/mol. The molecule has 2 aromatic rings. The second-order valence-corrected chi connectivity index (χ2v) is 9.87. The van der Waals surface area contributed by atoms with E-state index in [1.807, 2.05) is 24.3 Å². The molecular formula is C22H27N3O3S. The molecule has 6 rings (SSSR count). The van der Waals surface area contributed by atoms with Gasteiger partial charge in [0.25, 0.3) is 5.22 Å². The number of carbonyl (C=O) groups is 1. The first-order valence-electron chi connectivity index (χ1n) is 10.5. The number of nitrogens with one attached hydrogen (secondary N) is 1. The Bertz CT molecular complexity index is 862. The van der Waals surface area contributed by atoms with Crippen LogP contribution in [0.2, 0.25) is 0 Å². The summed E-state index contributed by atoms with van der Waals surface area (Å²) in [5, 5.41) is 12.1. The first kappa shape index (κ1) is 19.0. The molecule has 0 atom stereocenters. The number of ether oxygens (including phenoxy) is 1. The van der Waals surface area contributed by atoms with Gasteiger partial charge in [-0.05, 0) is 62.3 Å². The molecule has 29 heavy (non-hydrogen) atoms. The molecule has 4 saturated carbocycles. The lowest BCUT2D eigenvalue weighted by atomic mass is 9.49. The highest BCUT2D eigenvalue weighted by Crippen LogP contribution is 2.60. The number of para-hydroxylation sites is 1. The van der Waals surface area contributed by atoms with E-state index in [1.54, 1.807) is 7.11 Å². The minimum Gasteiger partial charge on any atom is -0.496 e. The Labute approximate surface area is 175 Å². The van der Waals surface area contributed by atoms with Gasteiger partial charge in [-0.15, -0.1) is 10.2 Å². The molecule has 1 aromatic heterocycles. The predicted molar refractivity (Wildman–Crippen MR) is 110 cm³/mol. The van der Waals surface area contributed by atoms with Crippen LogP contribution in [0.3, 0.4) is 0 Å². The molecule has 0 unspecified atom stereocenters. The van der Waals surface area contributed by atoms with E-state index in [0.717, 1.165) is 35.0 Å². The second kappa shape index (κ2) is 7.67. The molecule has 6 nitrogen and oxygen atoms in total. The number of amides is 1. The maximum atomic E-state index is 12.3. The van der Waals surface area contributed by atoms with Crippen LogP contribution in [0.4, 0.5) is 0 Å². The molecule has 1 amide bonds. The standard InChI is InChI=1S/C22H27N3O3S/c1-27-18-5-3-2-4-17(18)12-23-19(26)13-29-21-25-24-20(28-21)22-9-14-6-15(10-22)8-16(7-14)11-22/h2-5,14-16H,6-13H2,1H3,(H,23,26). The minimum absolute atomic E-state index is 0.0598. The highest BCUT2D eigenvalue weighted by Gasteiger charge is 2.54. The van der Waals surface area contributed by atoms with Crippen LogP contribution in [-0.2, 0) is 16.8 Å². The van der Waals surface area contributed by atoms with Crippen molar-refractivity contribution < 1.29 is 13.9 Å². The molecule has 0 aliphatic heterocycles. The van der Waals surface area contributed by atoms with Gasteiger partial charge in [0.05, 0.1) is 12.9 Å². The van der Waals surface area contributed by atoms with E-state index in [9.17, 15) is 4.79 Å². The Hall–Kier alpha value is -2.02. The lowest BCUT2D eigenvalue weighted by Gasteiger charge is -2.55. The molecule has 0 radical (unpaired) electrons. The third-order valence-electron chi connectivity index (χ3n) is 6.89. The van der Waals surface area contributed by atoms with E-state index < -0.39 is 0 Å². The lowest BCUT2D eigenvalue weighted by molar-refractivity contribution is -0.118. The zero-order valence-corrected chi connectivity index (χ0v) is 17.5. The van der Waals surface area contributed by atoms with Gasteiger partial charge in [0.2, 0.25) is 11.8 Å². The molecule has 154 valence electrons.